The van der Waals surface area contributed by atoms with Gasteiger partial charge < -0.3 is 28.3 Å². The Morgan fingerprint density at radius 3 is 2.78 bits per heavy atom. The fraction of sp³-hybridized carbons (Fsp3) is 0.0769. The zero-order valence-corrected chi connectivity index (χ0v) is 17.9. The molecule has 1 N–H and O–H groups in total. The molecule has 0 saturated carbocycles. The van der Waals surface area contributed by atoms with Gasteiger partial charge in [0, 0.05) is 0 Å². The van der Waals surface area contributed by atoms with Crippen LogP contribution in [0.2, 0.25) is 0 Å². The zero-order valence-electron chi connectivity index (χ0n) is 13.0. The molecule has 1 aliphatic carbocycles. The zero-order chi connectivity index (χ0) is 15.2. The number of nitrogens with zero attached hydrogens (tertiary/aromatic N) is 2. The Morgan fingerprint density at radius 2 is 2.17 bits per heavy atom. The number of rotatable bonds is 3. The van der Waals surface area contributed by atoms with Crippen LogP contribution in [0.5, 0.6) is 11.5 Å². The minimum atomic E-state index is -4.99. The van der Waals surface area contributed by atoms with E-state index in [2.05, 4.69) is 11.7 Å². The molecule has 0 fully saturated rings. The smallest absolute Gasteiger partial charge is 0.747 e. The average molecular weight is 352 g/mol. The number of hydrogen-bond donors (Lipinski definition) is 1. The SMILES string of the molecule is C=[n+]1[cH-]cc2nccc3[cH-]c(OC)c(OP(=O)([O-])O)c1=c32.[Na+].[Na+]. The number of phosphoric acid groups is 1. The maximum atomic E-state index is 11.1. The molecule has 23 heavy (non-hydrogen) atoms. The Bertz CT molecular complexity index is 994. The molecule has 1 aromatic rings. The van der Waals surface area contributed by atoms with E-state index in [9.17, 15) is 9.46 Å². The van der Waals surface area contributed by atoms with E-state index in [1.807, 2.05) is 0 Å². The molecular formula is C13H11N2Na2O5P. The number of hydrogen-bond acceptors (Lipinski definition) is 5. The normalized spacial score (nSPS) is 13.0. The summed E-state index contributed by atoms with van der Waals surface area (Å²) < 4.78 is 22.4. The third-order valence-corrected chi connectivity index (χ3v) is 3.51. The molecule has 1 unspecified atom stereocenters. The molecule has 0 spiro atoms. The summed E-state index contributed by atoms with van der Waals surface area (Å²) in [6.07, 6.45) is 3.25. The minimum Gasteiger partial charge on any atom is -0.747 e. The number of phosphoric ester groups is 1. The van der Waals surface area contributed by atoms with E-state index >= 15 is 0 Å². The van der Waals surface area contributed by atoms with Gasteiger partial charge in [-0.05, 0) is 11.7 Å². The van der Waals surface area contributed by atoms with Crippen LogP contribution < -0.4 is 77.5 Å². The maximum Gasteiger partial charge on any atom is 1.00 e. The van der Waals surface area contributed by atoms with Gasteiger partial charge >= 0.3 is 66.9 Å². The first-order valence-corrected chi connectivity index (χ1v) is 7.41. The predicted octanol–water partition coefficient (Wildman–Crippen LogP) is -5.54. The third kappa shape index (κ3) is 4.07. The van der Waals surface area contributed by atoms with Crippen molar-refractivity contribution in [1.82, 2.24) is 4.98 Å². The second-order valence-corrected chi connectivity index (χ2v) is 5.52. The van der Waals surface area contributed by atoms with E-state index < -0.39 is 7.82 Å². The number of methoxy groups -OCH3 is 1. The minimum absolute atomic E-state index is 0. The van der Waals surface area contributed by atoms with Crippen LogP contribution in [-0.4, -0.2) is 17.0 Å². The molecule has 0 bridgehead atoms. The van der Waals surface area contributed by atoms with Crippen LogP contribution in [0.15, 0.2) is 30.6 Å². The molecule has 2 heterocycles. The van der Waals surface area contributed by atoms with Crippen molar-refractivity contribution < 1.29 is 87.0 Å². The van der Waals surface area contributed by atoms with Gasteiger partial charge in [-0.1, -0.05) is 11.3 Å². The van der Waals surface area contributed by atoms with Crippen molar-refractivity contribution in [3.8, 4) is 11.5 Å². The Morgan fingerprint density at radius 1 is 1.48 bits per heavy atom. The second-order valence-electron chi connectivity index (χ2n) is 4.40. The van der Waals surface area contributed by atoms with Crippen molar-refractivity contribution in [3.63, 3.8) is 0 Å². The molecule has 1 aliphatic heterocycles. The van der Waals surface area contributed by atoms with E-state index in [1.165, 1.54) is 11.4 Å². The van der Waals surface area contributed by atoms with E-state index in [1.54, 1.807) is 30.6 Å². The molecule has 110 valence electrons. The van der Waals surface area contributed by atoms with E-state index in [0.29, 0.717) is 16.1 Å². The molecule has 1 atom stereocenters. The number of ether oxygens (including phenoxy) is 1. The molecule has 0 amide bonds. The topological polar surface area (TPSA) is 97.6 Å². The van der Waals surface area contributed by atoms with Crippen LogP contribution in [0.3, 0.4) is 0 Å². The first kappa shape index (κ1) is 20.8. The Hall–Kier alpha value is -0.210. The Kier molecular flexibility index (Phi) is 7.05. The van der Waals surface area contributed by atoms with E-state index in [0.717, 1.165) is 5.39 Å². The average Bonchev–Trinajstić information content (AvgIpc) is 2.42. The quantitative estimate of drug-likeness (QED) is 0.219. The molecule has 0 radical (unpaired) electrons. The van der Waals surface area contributed by atoms with Crippen LogP contribution in [0.25, 0.3) is 10.9 Å². The van der Waals surface area contributed by atoms with Crippen LogP contribution in [0.1, 0.15) is 0 Å². The monoisotopic (exact) mass is 352 g/mol. The van der Waals surface area contributed by atoms with Crippen molar-refractivity contribution in [1.29, 1.82) is 0 Å². The summed E-state index contributed by atoms with van der Waals surface area (Å²) in [7, 11) is -3.62. The summed E-state index contributed by atoms with van der Waals surface area (Å²) >= 11 is 0. The van der Waals surface area contributed by atoms with Gasteiger partial charge in [-0.15, -0.1) is 17.5 Å². The summed E-state index contributed by atoms with van der Waals surface area (Å²) in [4.78, 5) is 24.3. The van der Waals surface area contributed by atoms with Gasteiger partial charge in [-0.2, -0.15) is 0 Å². The summed E-state index contributed by atoms with van der Waals surface area (Å²) in [5.74, 6) is 0.0446. The third-order valence-electron chi connectivity index (χ3n) is 3.10. The van der Waals surface area contributed by atoms with Crippen molar-refractivity contribution in [2.75, 3.05) is 7.11 Å². The maximum absolute atomic E-state index is 11.1. The van der Waals surface area contributed by atoms with Gasteiger partial charge in [-0.3, -0.25) is 4.57 Å². The van der Waals surface area contributed by atoms with Crippen molar-refractivity contribution in [2.45, 2.75) is 0 Å². The number of aromatic nitrogens is 2. The van der Waals surface area contributed by atoms with Crippen molar-refractivity contribution in [2.24, 2.45) is 0 Å². The molecule has 2 aliphatic rings. The molecule has 1 aromatic heterocycles. The Balaban J connectivity index is 0.00000132. The van der Waals surface area contributed by atoms with Crippen LogP contribution in [0.4, 0.5) is 0 Å². The van der Waals surface area contributed by atoms with Crippen molar-refractivity contribution >= 4 is 18.7 Å². The number of pyridine rings is 1. The van der Waals surface area contributed by atoms with Crippen molar-refractivity contribution in [3.05, 3.63) is 47.9 Å². The van der Waals surface area contributed by atoms with Crippen LogP contribution in [-0.2, 0) is 4.57 Å². The van der Waals surface area contributed by atoms with E-state index in [-0.39, 0.29) is 70.6 Å². The standard InChI is InChI=1S/C13H12N2O5P.2Na/c1-15-6-4-9-11-8(3-5-14-9)7-10(19-2)13(12(11)15)20-21(16,17)18;;/h3-7H,1H2,2H3,(H2,16,17,18);;/q-1;2*+1/p-1. The van der Waals surface area contributed by atoms with Gasteiger partial charge in [0.25, 0.3) is 0 Å². The van der Waals surface area contributed by atoms with Gasteiger partial charge in [0.2, 0.25) is 0 Å². The molecule has 3 rings (SSSR count). The first-order valence-electron chi connectivity index (χ1n) is 5.92. The molecule has 10 heteroatoms. The fourth-order valence-electron chi connectivity index (χ4n) is 2.30. The molecular weight excluding hydrogens is 341 g/mol. The summed E-state index contributed by atoms with van der Waals surface area (Å²) in [5, 5.41) is 1.81. The van der Waals surface area contributed by atoms with Crippen LogP contribution in [0, 0.1) is 17.3 Å². The van der Waals surface area contributed by atoms with Crippen LogP contribution >= 0.6 is 7.82 Å². The summed E-state index contributed by atoms with van der Waals surface area (Å²) in [5.41, 5.74) is 0.647. The second kappa shape index (κ2) is 7.78. The summed E-state index contributed by atoms with van der Waals surface area (Å²) in [6, 6.07) is 5.12. The molecule has 7 nitrogen and oxygen atoms in total. The van der Waals surface area contributed by atoms with Gasteiger partial charge in [0.05, 0.1) is 31.1 Å². The first-order chi connectivity index (χ1) is 9.90. The Labute approximate surface area is 175 Å². The van der Waals surface area contributed by atoms with Gasteiger partial charge in [0.1, 0.15) is 5.75 Å². The molecule has 0 aromatic carbocycles. The summed E-state index contributed by atoms with van der Waals surface area (Å²) in [6.45, 7) is 3.80. The van der Waals surface area contributed by atoms with Gasteiger partial charge in [0.15, 0.2) is 0 Å². The predicted molar refractivity (Wildman–Crippen MR) is 70.6 cm³/mol. The largest absolute Gasteiger partial charge is 1.00 e. The molecule has 0 saturated heterocycles. The van der Waals surface area contributed by atoms with Gasteiger partial charge in [-0.25, -0.2) is 0 Å². The fourth-order valence-corrected chi connectivity index (χ4v) is 2.71. The van der Waals surface area contributed by atoms with E-state index in [4.69, 9.17) is 14.2 Å².